The molecular weight excluding hydrogens is 687 g/mol. The highest BCUT2D eigenvalue weighted by Crippen LogP contribution is 2.40. The zero-order valence-corrected chi connectivity index (χ0v) is 30.5. The Morgan fingerprint density at radius 1 is 1.00 bits per heavy atom. The summed E-state index contributed by atoms with van der Waals surface area (Å²) in [5, 5.41) is 15.2. The molecule has 0 aliphatic carbocycles. The average molecular weight is 730 g/mol. The van der Waals surface area contributed by atoms with Crippen molar-refractivity contribution in [3.05, 3.63) is 117 Å². The highest BCUT2D eigenvalue weighted by Gasteiger charge is 2.44. The Balaban J connectivity index is 1.40. The third-order valence-corrected chi connectivity index (χ3v) is 10.6. The number of carbonyl (C=O) groups excluding carboxylic acids is 3. The van der Waals surface area contributed by atoms with Gasteiger partial charge in [0.25, 0.3) is 5.69 Å². The lowest BCUT2D eigenvalue weighted by atomic mass is 9.72. The van der Waals surface area contributed by atoms with Gasteiger partial charge in [-0.1, -0.05) is 54.2 Å². The van der Waals surface area contributed by atoms with E-state index in [1.54, 1.807) is 31.2 Å². The minimum Gasteiger partial charge on any atom is -0.497 e. The van der Waals surface area contributed by atoms with Gasteiger partial charge in [0.05, 0.1) is 42.9 Å². The number of amides is 1. The second kappa shape index (κ2) is 17.3. The van der Waals surface area contributed by atoms with Gasteiger partial charge in [0.2, 0.25) is 6.41 Å². The molecule has 0 spiro atoms. The number of nitro groups is 1. The smallest absolute Gasteiger partial charge is 0.338 e. The lowest BCUT2D eigenvalue weighted by molar-refractivity contribution is -0.384. The van der Waals surface area contributed by atoms with Crippen LogP contribution in [0.5, 0.6) is 5.75 Å². The largest absolute Gasteiger partial charge is 0.497 e. The van der Waals surface area contributed by atoms with Crippen LogP contribution in [0, 0.1) is 10.1 Å². The molecule has 2 heterocycles. The first-order chi connectivity index (χ1) is 25.1. The number of hydrazine groups is 1. The molecular formula is C38H43N5O8S. The van der Waals surface area contributed by atoms with Gasteiger partial charge in [0.15, 0.2) is 5.17 Å². The van der Waals surface area contributed by atoms with Gasteiger partial charge in [0.1, 0.15) is 11.8 Å². The number of ether oxygens (including phenoxy) is 3. The molecule has 0 aromatic heterocycles. The number of rotatable bonds is 14. The molecule has 1 saturated heterocycles. The van der Waals surface area contributed by atoms with Crippen LogP contribution in [0.2, 0.25) is 0 Å². The number of allylic oxidation sites excluding steroid dienone is 1. The monoisotopic (exact) mass is 729 g/mol. The quantitative estimate of drug-likeness (QED) is 0.0877. The molecule has 2 aliphatic heterocycles. The van der Waals surface area contributed by atoms with Crippen molar-refractivity contribution in [2.45, 2.75) is 43.4 Å². The Morgan fingerprint density at radius 3 is 2.25 bits per heavy atom. The number of hydrogen-bond donors (Lipinski definition) is 0. The topological polar surface area (TPSA) is 144 Å². The molecule has 13 nitrogen and oxygen atoms in total. The number of likely N-dealkylation sites (tertiary alicyclic amines) is 1. The average Bonchev–Trinajstić information content (AvgIpc) is 3.18. The molecule has 1 atom stereocenters. The summed E-state index contributed by atoms with van der Waals surface area (Å²) < 4.78 is 15.7. The summed E-state index contributed by atoms with van der Waals surface area (Å²) in [5.41, 5.74) is 2.29. The van der Waals surface area contributed by atoms with Gasteiger partial charge >= 0.3 is 11.9 Å². The standard InChI is InChI=1S/C38H43N5O8S/c1-27-33(35(45)50-3)34(29-13-15-31(16-14-29)43(47)48)42(37(39-27)52-25-28-11-17-32(49-2)18-12-28)41(26-44)22-8-21-40-23-19-38(20-24-40,36(46)51-4)30-9-6-5-7-10-30/h5-7,9-18,26,34H,8,19-25H2,1-4H3. The van der Waals surface area contributed by atoms with E-state index in [9.17, 15) is 24.5 Å². The molecule has 2 aliphatic rings. The van der Waals surface area contributed by atoms with Gasteiger partial charge in [-0.15, -0.1) is 0 Å². The van der Waals surface area contributed by atoms with Crippen LogP contribution < -0.4 is 4.74 Å². The summed E-state index contributed by atoms with van der Waals surface area (Å²) in [6.07, 6.45) is 2.48. The molecule has 52 heavy (non-hydrogen) atoms. The number of non-ortho nitro benzene ring substituents is 1. The molecule has 0 radical (unpaired) electrons. The van der Waals surface area contributed by atoms with E-state index in [1.165, 1.54) is 43.1 Å². The van der Waals surface area contributed by atoms with Crippen LogP contribution in [0.4, 0.5) is 5.69 Å². The normalized spacial score (nSPS) is 17.2. The van der Waals surface area contributed by atoms with Crippen molar-refractivity contribution in [2.75, 3.05) is 47.5 Å². The summed E-state index contributed by atoms with van der Waals surface area (Å²) in [5.74, 6) is 0.357. The molecule has 14 heteroatoms. The molecule has 0 saturated carbocycles. The zero-order chi connectivity index (χ0) is 37.3. The van der Waals surface area contributed by atoms with Crippen LogP contribution in [0.1, 0.15) is 48.9 Å². The molecule has 3 aromatic rings. The third-order valence-electron chi connectivity index (χ3n) is 9.59. The maximum Gasteiger partial charge on any atom is 0.338 e. The lowest BCUT2D eigenvalue weighted by Gasteiger charge is -2.43. The number of amidine groups is 1. The van der Waals surface area contributed by atoms with Crippen molar-refractivity contribution >= 4 is 41.0 Å². The van der Waals surface area contributed by atoms with Crippen LogP contribution in [0.15, 0.2) is 95.1 Å². The fourth-order valence-corrected chi connectivity index (χ4v) is 7.79. The van der Waals surface area contributed by atoms with E-state index in [2.05, 4.69) is 4.90 Å². The Morgan fingerprint density at radius 2 is 1.67 bits per heavy atom. The fourth-order valence-electron chi connectivity index (χ4n) is 6.76. The number of benzene rings is 3. The first kappa shape index (κ1) is 38.0. The molecule has 5 rings (SSSR count). The van der Waals surface area contributed by atoms with Crippen LogP contribution in [0.25, 0.3) is 0 Å². The van der Waals surface area contributed by atoms with Gasteiger partial charge in [-0.3, -0.25) is 24.7 Å². The van der Waals surface area contributed by atoms with Crippen molar-refractivity contribution in [3.8, 4) is 5.75 Å². The van der Waals surface area contributed by atoms with E-state index in [4.69, 9.17) is 19.2 Å². The zero-order valence-electron chi connectivity index (χ0n) is 29.7. The Labute approximate surface area is 307 Å². The molecule has 0 N–H and O–H groups in total. The van der Waals surface area contributed by atoms with Gasteiger partial charge in [-0.2, -0.15) is 0 Å². The number of nitro benzene ring substituents is 1. The number of carbonyl (C=O) groups is 3. The molecule has 1 amide bonds. The van der Waals surface area contributed by atoms with E-state index in [0.29, 0.717) is 67.5 Å². The molecule has 1 unspecified atom stereocenters. The minimum absolute atomic E-state index is 0.105. The SMILES string of the molecule is COC(=O)C1=C(C)N=C(SCc2ccc(OC)cc2)N(N(C=O)CCCN2CCC(C(=O)OC)(c3ccccc3)CC2)C1c1ccc([N+](=O)[O-])cc1. The number of piperidine rings is 1. The number of esters is 2. The number of aliphatic imine (C=N–C) groups is 1. The maximum atomic E-state index is 13.3. The summed E-state index contributed by atoms with van der Waals surface area (Å²) in [4.78, 5) is 57.5. The second-order valence-corrected chi connectivity index (χ2v) is 13.5. The van der Waals surface area contributed by atoms with E-state index in [-0.39, 0.29) is 23.8 Å². The van der Waals surface area contributed by atoms with Gasteiger partial charge in [-0.05, 0) is 86.8 Å². The molecule has 3 aromatic carbocycles. The minimum atomic E-state index is -0.865. The Hall–Kier alpha value is -5.21. The van der Waals surface area contributed by atoms with Crippen molar-refractivity contribution in [1.82, 2.24) is 14.9 Å². The first-order valence-electron chi connectivity index (χ1n) is 16.9. The van der Waals surface area contributed by atoms with Crippen molar-refractivity contribution in [3.63, 3.8) is 0 Å². The number of nitrogens with zero attached hydrogens (tertiary/aromatic N) is 5. The van der Waals surface area contributed by atoms with Gasteiger partial charge in [0, 0.05) is 24.4 Å². The van der Waals surface area contributed by atoms with E-state index < -0.39 is 22.3 Å². The van der Waals surface area contributed by atoms with Crippen molar-refractivity contribution in [1.29, 1.82) is 0 Å². The number of hydrogen-bond acceptors (Lipinski definition) is 12. The predicted octanol–water partition coefficient (Wildman–Crippen LogP) is 5.67. The van der Waals surface area contributed by atoms with Crippen molar-refractivity contribution in [2.24, 2.45) is 4.99 Å². The van der Waals surface area contributed by atoms with Crippen LogP contribution in [-0.2, 0) is 35.0 Å². The summed E-state index contributed by atoms with van der Waals surface area (Å²) in [6.45, 7) is 3.97. The van der Waals surface area contributed by atoms with Gasteiger partial charge < -0.3 is 19.1 Å². The number of methoxy groups -OCH3 is 3. The molecule has 1 fully saturated rings. The summed E-state index contributed by atoms with van der Waals surface area (Å²) in [7, 11) is 4.30. The lowest BCUT2D eigenvalue weighted by Crippen LogP contribution is -2.51. The second-order valence-electron chi connectivity index (χ2n) is 12.5. The highest BCUT2D eigenvalue weighted by atomic mass is 32.2. The van der Waals surface area contributed by atoms with Crippen molar-refractivity contribution < 1.29 is 33.5 Å². The highest BCUT2D eigenvalue weighted by molar-refractivity contribution is 8.13. The summed E-state index contributed by atoms with van der Waals surface area (Å²) >= 11 is 1.40. The van der Waals surface area contributed by atoms with E-state index in [1.807, 2.05) is 54.6 Å². The van der Waals surface area contributed by atoms with Crippen LogP contribution in [-0.4, -0.2) is 90.9 Å². The van der Waals surface area contributed by atoms with E-state index >= 15 is 0 Å². The van der Waals surface area contributed by atoms with Crippen LogP contribution in [0.3, 0.4) is 0 Å². The Bertz CT molecular complexity index is 1790. The molecule has 274 valence electrons. The first-order valence-corrected chi connectivity index (χ1v) is 17.9. The summed E-state index contributed by atoms with van der Waals surface area (Å²) in [6, 6.07) is 22.4. The third kappa shape index (κ3) is 8.29. The maximum absolute atomic E-state index is 13.3. The fraction of sp³-hybridized carbons (Fsp3) is 0.368. The van der Waals surface area contributed by atoms with Gasteiger partial charge in [-0.25, -0.2) is 14.8 Å². The Kier molecular flexibility index (Phi) is 12.7. The van der Waals surface area contributed by atoms with Crippen LogP contribution >= 0.6 is 11.8 Å². The van der Waals surface area contributed by atoms with E-state index in [0.717, 1.165) is 16.9 Å². The molecule has 0 bridgehead atoms. The predicted molar refractivity (Wildman–Crippen MR) is 197 cm³/mol. The number of thioether (sulfide) groups is 1.